The van der Waals surface area contributed by atoms with E-state index in [1.54, 1.807) is 6.07 Å². The van der Waals surface area contributed by atoms with E-state index >= 15 is 0 Å². The molecule has 0 saturated heterocycles. The second-order valence-corrected chi connectivity index (χ2v) is 2.56. The van der Waals surface area contributed by atoms with Crippen molar-refractivity contribution in [3.05, 3.63) is 23.5 Å². The third-order valence-corrected chi connectivity index (χ3v) is 1.70. The molecule has 1 amide bonds. The van der Waals surface area contributed by atoms with Gasteiger partial charge in [0.25, 0.3) is 0 Å². The molecule has 0 fully saturated rings. The Bertz CT molecular complexity index is 392. The fourth-order valence-electron chi connectivity index (χ4n) is 1.15. The maximum atomic E-state index is 10.9. The molecule has 4 nitrogen and oxygen atoms in total. The number of carbonyl (C=O) groups is 1. The van der Waals surface area contributed by atoms with Gasteiger partial charge in [0.15, 0.2) is 0 Å². The van der Waals surface area contributed by atoms with Gasteiger partial charge in [0.2, 0.25) is 5.91 Å². The lowest BCUT2D eigenvalue weighted by atomic mass is 10.2. The zero-order valence-electron chi connectivity index (χ0n) is 6.16. The molecule has 0 atom stereocenters. The van der Waals surface area contributed by atoms with Gasteiger partial charge in [0, 0.05) is 6.20 Å². The summed E-state index contributed by atoms with van der Waals surface area (Å²) in [6.07, 6.45) is 1.79. The molecule has 1 aliphatic heterocycles. The maximum absolute atomic E-state index is 10.9. The van der Waals surface area contributed by atoms with Crippen molar-refractivity contribution in [3.8, 4) is 6.07 Å². The summed E-state index contributed by atoms with van der Waals surface area (Å²) in [6.45, 7) is 0. The highest BCUT2D eigenvalue weighted by Crippen LogP contribution is 2.20. The molecule has 1 N–H and O–H groups in total. The predicted molar refractivity (Wildman–Crippen MR) is 41.3 cm³/mol. The molecule has 2 rings (SSSR count). The van der Waals surface area contributed by atoms with Crippen LogP contribution in [0.25, 0.3) is 0 Å². The van der Waals surface area contributed by atoms with E-state index in [1.165, 1.54) is 6.20 Å². The molecule has 0 radical (unpaired) electrons. The zero-order valence-corrected chi connectivity index (χ0v) is 6.16. The van der Waals surface area contributed by atoms with Crippen LogP contribution in [0.5, 0.6) is 0 Å². The number of nitrogens with zero attached hydrogens (tertiary/aromatic N) is 2. The van der Waals surface area contributed by atoms with Gasteiger partial charge in [0.1, 0.15) is 6.07 Å². The Balaban J connectivity index is 2.50. The largest absolute Gasteiger partial charge is 0.324 e. The minimum absolute atomic E-state index is 0.0624. The van der Waals surface area contributed by atoms with Gasteiger partial charge in [-0.2, -0.15) is 5.26 Å². The average Bonchev–Trinajstić information content (AvgIpc) is 2.43. The highest BCUT2D eigenvalue weighted by Gasteiger charge is 2.18. The normalized spacial score (nSPS) is 13.4. The van der Waals surface area contributed by atoms with Crippen LogP contribution in [0.1, 0.15) is 11.3 Å². The third-order valence-electron chi connectivity index (χ3n) is 1.70. The number of anilines is 1. The summed E-state index contributed by atoms with van der Waals surface area (Å²) in [7, 11) is 0. The number of hydrogen-bond acceptors (Lipinski definition) is 3. The molecule has 1 aromatic rings. The van der Waals surface area contributed by atoms with Gasteiger partial charge in [-0.1, -0.05) is 0 Å². The van der Waals surface area contributed by atoms with Crippen LogP contribution in [0.4, 0.5) is 5.69 Å². The number of rotatable bonds is 0. The predicted octanol–water partition coefficient (Wildman–Crippen LogP) is 0.448. The molecule has 0 aromatic carbocycles. The molecule has 0 spiro atoms. The first-order valence-electron chi connectivity index (χ1n) is 3.48. The van der Waals surface area contributed by atoms with Gasteiger partial charge in [-0.3, -0.25) is 9.78 Å². The smallest absolute Gasteiger partial charge is 0.230 e. The molecular formula is C8H5N3O. The molecule has 0 unspecified atom stereocenters. The van der Waals surface area contributed by atoms with Crippen LogP contribution in [0.3, 0.4) is 0 Å². The summed E-state index contributed by atoms with van der Waals surface area (Å²) in [6, 6.07) is 3.59. The van der Waals surface area contributed by atoms with Crippen LogP contribution in [0.15, 0.2) is 12.3 Å². The summed E-state index contributed by atoms with van der Waals surface area (Å²) in [5.41, 5.74) is 1.86. The minimum atomic E-state index is -0.0624. The van der Waals surface area contributed by atoms with E-state index in [0.29, 0.717) is 17.7 Å². The Labute approximate surface area is 68.8 Å². The van der Waals surface area contributed by atoms with Crippen LogP contribution in [0, 0.1) is 11.3 Å². The summed E-state index contributed by atoms with van der Waals surface area (Å²) < 4.78 is 0. The fraction of sp³-hybridized carbons (Fsp3) is 0.125. The Kier molecular flexibility index (Phi) is 1.31. The van der Waals surface area contributed by atoms with Crippen LogP contribution >= 0.6 is 0 Å². The number of nitrogens with one attached hydrogen (secondary N) is 1. The van der Waals surface area contributed by atoms with Crippen molar-refractivity contribution >= 4 is 11.6 Å². The highest BCUT2D eigenvalue weighted by molar-refractivity contribution is 5.98. The molecule has 0 bridgehead atoms. The van der Waals surface area contributed by atoms with Crippen LogP contribution in [-0.4, -0.2) is 10.9 Å². The fourth-order valence-corrected chi connectivity index (χ4v) is 1.15. The van der Waals surface area contributed by atoms with Crippen molar-refractivity contribution in [1.29, 1.82) is 5.26 Å². The van der Waals surface area contributed by atoms with Crippen molar-refractivity contribution in [2.24, 2.45) is 0 Å². The van der Waals surface area contributed by atoms with E-state index in [9.17, 15) is 4.79 Å². The number of pyridine rings is 1. The molecule has 1 aliphatic rings. The lowest BCUT2D eigenvalue weighted by molar-refractivity contribution is -0.115. The van der Waals surface area contributed by atoms with Crippen molar-refractivity contribution in [3.63, 3.8) is 0 Å². The summed E-state index contributed by atoms with van der Waals surface area (Å²) in [5.74, 6) is -0.0624. The number of hydrogen-bond donors (Lipinski definition) is 1. The van der Waals surface area contributed by atoms with E-state index in [-0.39, 0.29) is 5.91 Å². The number of fused-ring (bicyclic) bond motifs is 1. The van der Waals surface area contributed by atoms with Gasteiger partial charge < -0.3 is 5.32 Å². The number of amides is 1. The molecule has 1 aromatic heterocycles. The van der Waals surface area contributed by atoms with Crippen LogP contribution in [0.2, 0.25) is 0 Å². The van der Waals surface area contributed by atoms with Gasteiger partial charge in [-0.15, -0.1) is 0 Å². The van der Waals surface area contributed by atoms with E-state index in [1.807, 2.05) is 6.07 Å². The molecule has 4 heteroatoms. The van der Waals surface area contributed by atoms with Crippen molar-refractivity contribution in [1.82, 2.24) is 4.98 Å². The Hall–Kier alpha value is -1.89. The molecule has 12 heavy (non-hydrogen) atoms. The third kappa shape index (κ3) is 0.920. The monoisotopic (exact) mass is 159 g/mol. The van der Waals surface area contributed by atoms with Gasteiger partial charge in [-0.05, 0) is 6.07 Å². The lowest BCUT2D eigenvalue weighted by Crippen LogP contribution is -2.03. The lowest BCUT2D eigenvalue weighted by Gasteiger charge is -1.95. The molecule has 2 heterocycles. The Morgan fingerprint density at radius 3 is 3.25 bits per heavy atom. The molecule has 0 saturated carbocycles. The average molecular weight is 159 g/mol. The maximum Gasteiger partial charge on any atom is 0.230 e. The summed E-state index contributed by atoms with van der Waals surface area (Å²) in [4.78, 5) is 14.8. The molecule has 58 valence electrons. The first-order valence-corrected chi connectivity index (χ1v) is 3.48. The quantitative estimate of drug-likeness (QED) is 0.597. The second-order valence-electron chi connectivity index (χ2n) is 2.56. The first kappa shape index (κ1) is 6.80. The minimum Gasteiger partial charge on any atom is -0.324 e. The Morgan fingerprint density at radius 1 is 1.67 bits per heavy atom. The second kappa shape index (κ2) is 2.31. The van der Waals surface area contributed by atoms with Crippen molar-refractivity contribution < 1.29 is 4.79 Å². The summed E-state index contributed by atoms with van der Waals surface area (Å²) >= 11 is 0. The Morgan fingerprint density at radius 2 is 2.50 bits per heavy atom. The van der Waals surface area contributed by atoms with E-state index in [4.69, 9.17) is 5.26 Å². The van der Waals surface area contributed by atoms with Crippen molar-refractivity contribution in [2.45, 2.75) is 6.42 Å². The topological polar surface area (TPSA) is 65.8 Å². The number of carbonyl (C=O) groups excluding carboxylic acids is 1. The molecular weight excluding hydrogens is 154 g/mol. The van der Waals surface area contributed by atoms with Crippen LogP contribution in [-0.2, 0) is 11.2 Å². The number of nitriles is 1. The van der Waals surface area contributed by atoms with E-state index in [2.05, 4.69) is 10.3 Å². The zero-order chi connectivity index (χ0) is 8.55. The SMILES string of the molecule is N#Cc1cnc2c(c1)NC(=O)C2. The molecule has 0 aliphatic carbocycles. The standard InChI is InChI=1S/C8H5N3O/c9-3-5-1-7-6(10-4-5)2-8(12)11-7/h1,4H,2H2,(H,11,12). The van der Waals surface area contributed by atoms with Gasteiger partial charge in [0.05, 0.1) is 23.4 Å². The van der Waals surface area contributed by atoms with Crippen LogP contribution < -0.4 is 5.32 Å². The first-order chi connectivity index (χ1) is 5.79. The van der Waals surface area contributed by atoms with E-state index < -0.39 is 0 Å². The highest BCUT2D eigenvalue weighted by atomic mass is 16.1. The van der Waals surface area contributed by atoms with Gasteiger partial charge >= 0.3 is 0 Å². The van der Waals surface area contributed by atoms with E-state index in [0.717, 1.165) is 5.69 Å². The summed E-state index contributed by atoms with van der Waals surface area (Å²) in [5, 5.41) is 11.2. The van der Waals surface area contributed by atoms with Gasteiger partial charge in [-0.25, -0.2) is 0 Å². The number of aromatic nitrogens is 1. The van der Waals surface area contributed by atoms with Crippen molar-refractivity contribution in [2.75, 3.05) is 5.32 Å².